The molecular formula is C27H33N5O4. The zero-order chi connectivity index (χ0) is 25.2. The molecule has 2 aliphatic rings. The fourth-order valence-corrected chi connectivity index (χ4v) is 5.43. The maximum Gasteiger partial charge on any atom is 0.253 e. The van der Waals surface area contributed by atoms with Gasteiger partial charge in [-0.2, -0.15) is 15.4 Å². The molecule has 9 nitrogen and oxygen atoms in total. The number of rotatable bonds is 7. The Bertz CT molecular complexity index is 1240. The molecule has 0 bridgehead atoms. The van der Waals surface area contributed by atoms with Gasteiger partial charge in [0.05, 0.1) is 25.2 Å². The number of hydrogen-bond donors (Lipinski definition) is 2. The summed E-state index contributed by atoms with van der Waals surface area (Å²) in [4.78, 5) is 27.7. The van der Waals surface area contributed by atoms with E-state index >= 15 is 0 Å². The van der Waals surface area contributed by atoms with E-state index in [-0.39, 0.29) is 35.8 Å². The van der Waals surface area contributed by atoms with Gasteiger partial charge in [0.2, 0.25) is 5.91 Å². The van der Waals surface area contributed by atoms with Crippen LogP contribution in [-0.2, 0) is 9.53 Å². The van der Waals surface area contributed by atoms with E-state index in [1.54, 1.807) is 18.2 Å². The molecule has 0 aliphatic carbocycles. The van der Waals surface area contributed by atoms with Crippen molar-refractivity contribution in [2.24, 2.45) is 11.8 Å². The first-order valence-corrected chi connectivity index (χ1v) is 12.6. The fourth-order valence-electron chi connectivity index (χ4n) is 5.43. The van der Waals surface area contributed by atoms with Gasteiger partial charge in [-0.1, -0.05) is 6.07 Å². The number of aromatic amines is 1. The maximum atomic E-state index is 13.1. The molecule has 2 N–H and O–H groups in total. The maximum absolute atomic E-state index is 13.1. The molecule has 36 heavy (non-hydrogen) atoms. The molecule has 2 fully saturated rings. The average molecular weight is 492 g/mol. The van der Waals surface area contributed by atoms with Crippen LogP contribution >= 0.6 is 0 Å². The first-order valence-electron chi connectivity index (χ1n) is 12.6. The van der Waals surface area contributed by atoms with Crippen molar-refractivity contribution in [3.8, 4) is 5.75 Å². The summed E-state index contributed by atoms with van der Waals surface area (Å²) in [5, 5.41) is 13.7. The molecule has 3 heterocycles. The van der Waals surface area contributed by atoms with E-state index in [1.807, 2.05) is 37.8 Å². The molecule has 0 radical (unpaired) electrons. The van der Waals surface area contributed by atoms with Gasteiger partial charge in [-0.15, -0.1) is 0 Å². The van der Waals surface area contributed by atoms with Crippen molar-refractivity contribution in [1.82, 2.24) is 25.6 Å². The largest absolute Gasteiger partial charge is 0.491 e. The standard InChI is InChI=1S/C27H33N5O4/c1-16-8-17(2)10-21(9-16)35-14-18(3)28-26(33)12-25-22-6-7-32(13-20(22)15-36-25)27(34)19-4-5-23-24(11-19)30-31-29-23/h4-5,8-11,18,20,22,25H,6-7,12-15H2,1-3H3,(H,28,33)(H,29,30,31)/t18?,20-,22+,25+/m1/s1. The van der Waals surface area contributed by atoms with Gasteiger partial charge in [0.1, 0.15) is 23.4 Å². The van der Waals surface area contributed by atoms with Crippen molar-refractivity contribution in [3.05, 3.63) is 53.1 Å². The SMILES string of the molecule is Cc1cc(C)cc(OCC(C)NC(=O)C[C@@H]2OC[C@H]3CN(C(=O)c4ccc5n[nH]nc5c4)CC[C@@H]32)c1. The second-order valence-corrected chi connectivity index (χ2v) is 10.2. The van der Waals surface area contributed by atoms with Crippen LogP contribution in [0.3, 0.4) is 0 Å². The zero-order valence-electron chi connectivity index (χ0n) is 21.0. The molecule has 2 aromatic carbocycles. The molecule has 1 unspecified atom stereocenters. The minimum atomic E-state index is -0.119. The second-order valence-electron chi connectivity index (χ2n) is 10.2. The number of hydrogen-bond acceptors (Lipinski definition) is 6. The summed E-state index contributed by atoms with van der Waals surface area (Å²) in [5.74, 6) is 1.30. The molecule has 0 spiro atoms. The van der Waals surface area contributed by atoms with E-state index < -0.39 is 0 Å². The highest BCUT2D eigenvalue weighted by molar-refractivity contribution is 5.97. The summed E-state index contributed by atoms with van der Waals surface area (Å²) in [5.41, 5.74) is 4.33. The van der Waals surface area contributed by atoms with Crippen LogP contribution < -0.4 is 10.1 Å². The lowest BCUT2D eigenvalue weighted by Gasteiger charge is -2.35. The molecule has 2 aliphatic heterocycles. The summed E-state index contributed by atoms with van der Waals surface area (Å²) in [7, 11) is 0. The quantitative estimate of drug-likeness (QED) is 0.526. The minimum absolute atomic E-state index is 0.00262. The third kappa shape index (κ3) is 5.36. The Kier molecular flexibility index (Phi) is 6.91. The van der Waals surface area contributed by atoms with E-state index in [0.29, 0.717) is 43.8 Å². The summed E-state index contributed by atoms with van der Waals surface area (Å²) in [6.45, 7) is 8.29. The molecule has 3 aromatic rings. The van der Waals surface area contributed by atoms with Crippen LogP contribution in [0.15, 0.2) is 36.4 Å². The third-order valence-corrected chi connectivity index (χ3v) is 7.13. The number of likely N-dealkylation sites (tertiary alicyclic amines) is 1. The molecule has 0 saturated carbocycles. The molecule has 1 aromatic heterocycles. The topological polar surface area (TPSA) is 109 Å². The molecule has 5 rings (SSSR count). The molecule has 9 heteroatoms. The van der Waals surface area contributed by atoms with Gasteiger partial charge < -0.3 is 19.7 Å². The number of aryl methyl sites for hydroxylation is 2. The van der Waals surface area contributed by atoms with E-state index in [1.165, 1.54) is 0 Å². The van der Waals surface area contributed by atoms with Crippen molar-refractivity contribution < 1.29 is 19.1 Å². The van der Waals surface area contributed by atoms with Gasteiger partial charge in [0, 0.05) is 24.6 Å². The number of carbonyl (C=O) groups is 2. The molecule has 2 saturated heterocycles. The molecule has 2 amide bonds. The molecule has 4 atom stereocenters. The lowest BCUT2D eigenvalue weighted by atomic mass is 9.83. The Hall–Kier alpha value is -3.46. The Balaban J connectivity index is 1.10. The zero-order valence-corrected chi connectivity index (χ0v) is 21.0. The molecule has 190 valence electrons. The Morgan fingerprint density at radius 2 is 1.94 bits per heavy atom. The van der Waals surface area contributed by atoms with Crippen LogP contribution in [0.25, 0.3) is 11.0 Å². The Labute approximate surface area is 210 Å². The van der Waals surface area contributed by atoms with Crippen molar-refractivity contribution in [1.29, 1.82) is 0 Å². The van der Waals surface area contributed by atoms with Crippen LogP contribution in [0.1, 0.15) is 41.3 Å². The van der Waals surface area contributed by atoms with Crippen LogP contribution in [0, 0.1) is 25.7 Å². The third-order valence-electron chi connectivity index (χ3n) is 7.13. The van der Waals surface area contributed by atoms with Gasteiger partial charge in [-0.05, 0) is 74.6 Å². The Morgan fingerprint density at radius 1 is 1.17 bits per heavy atom. The van der Waals surface area contributed by atoms with Crippen molar-refractivity contribution in [3.63, 3.8) is 0 Å². The first kappa shape index (κ1) is 24.2. The van der Waals surface area contributed by atoms with Gasteiger partial charge in [0.15, 0.2) is 0 Å². The normalized spacial score (nSPS) is 22.3. The second kappa shape index (κ2) is 10.3. The lowest BCUT2D eigenvalue weighted by Crippen LogP contribution is -2.45. The van der Waals surface area contributed by atoms with E-state index in [9.17, 15) is 9.59 Å². The van der Waals surface area contributed by atoms with Crippen molar-refractivity contribution in [2.45, 2.75) is 45.8 Å². The van der Waals surface area contributed by atoms with E-state index in [0.717, 1.165) is 28.8 Å². The number of nitrogens with one attached hydrogen (secondary N) is 2. The number of H-pyrrole nitrogens is 1. The van der Waals surface area contributed by atoms with E-state index in [4.69, 9.17) is 9.47 Å². The first-order chi connectivity index (χ1) is 17.4. The smallest absolute Gasteiger partial charge is 0.253 e. The number of nitrogens with zero attached hydrogens (tertiary/aromatic N) is 3. The predicted molar refractivity (Wildman–Crippen MR) is 135 cm³/mol. The number of ether oxygens (including phenoxy) is 2. The van der Waals surface area contributed by atoms with Gasteiger partial charge in [0.25, 0.3) is 5.91 Å². The summed E-state index contributed by atoms with van der Waals surface area (Å²) < 4.78 is 11.9. The van der Waals surface area contributed by atoms with E-state index in [2.05, 4.69) is 26.8 Å². The van der Waals surface area contributed by atoms with Gasteiger partial charge in [-0.25, -0.2) is 0 Å². The highest BCUT2D eigenvalue weighted by Gasteiger charge is 2.42. The summed E-state index contributed by atoms with van der Waals surface area (Å²) in [6.07, 6.45) is 1.03. The average Bonchev–Trinajstić information content (AvgIpc) is 3.48. The van der Waals surface area contributed by atoms with Gasteiger partial charge >= 0.3 is 0 Å². The van der Waals surface area contributed by atoms with Gasteiger partial charge in [-0.3, -0.25) is 9.59 Å². The number of amides is 2. The van der Waals surface area contributed by atoms with Crippen LogP contribution in [0.2, 0.25) is 0 Å². The monoisotopic (exact) mass is 491 g/mol. The molecular weight excluding hydrogens is 458 g/mol. The van der Waals surface area contributed by atoms with Crippen LogP contribution in [-0.4, -0.2) is 70.6 Å². The minimum Gasteiger partial charge on any atom is -0.491 e. The predicted octanol–water partition coefficient (Wildman–Crippen LogP) is 3.03. The highest BCUT2D eigenvalue weighted by Crippen LogP contribution is 2.36. The number of aromatic nitrogens is 3. The summed E-state index contributed by atoms with van der Waals surface area (Å²) in [6, 6.07) is 11.4. The highest BCUT2D eigenvalue weighted by atomic mass is 16.5. The lowest BCUT2D eigenvalue weighted by molar-refractivity contribution is -0.124. The van der Waals surface area contributed by atoms with Crippen LogP contribution in [0.4, 0.5) is 0 Å². The van der Waals surface area contributed by atoms with Crippen LogP contribution in [0.5, 0.6) is 5.75 Å². The fraction of sp³-hybridized carbons (Fsp3) is 0.481. The van der Waals surface area contributed by atoms with Crippen molar-refractivity contribution in [2.75, 3.05) is 26.3 Å². The number of benzene rings is 2. The number of carbonyl (C=O) groups excluding carboxylic acids is 2. The number of piperidine rings is 1. The summed E-state index contributed by atoms with van der Waals surface area (Å²) >= 11 is 0. The Morgan fingerprint density at radius 3 is 2.75 bits per heavy atom. The number of fused-ring (bicyclic) bond motifs is 2. The van der Waals surface area contributed by atoms with Crippen molar-refractivity contribution >= 4 is 22.8 Å².